The maximum absolute atomic E-state index is 11.5. The molecule has 1 saturated carbocycles. The Kier molecular flexibility index (Phi) is 2.08. The Morgan fingerprint density at radius 3 is 2.86 bits per heavy atom. The minimum Gasteiger partial charge on any atom is -0.310 e. The maximum atomic E-state index is 11.5. The van der Waals surface area contributed by atoms with Crippen molar-refractivity contribution in [3.63, 3.8) is 0 Å². The third-order valence-corrected chi connectivity index (χ3v) is 2.46. The molecule has 0 unspecified atom stereocenters. The molecule has 0 radical (unpaired) electrons. The Morgan fingerprint density at radius 2 is 2.36 bits per heavy atom. The Balaban J connectivity index is 2.45. The van der Waals surface area contributed by atoms with Crippen LogP contribution in [0.2, 0.25) is 0 Å². The summed E-state index contributed by atoms with van der Waals surface area (Å²) in [4.78, 5) is 18.6. The van der Waals surface area contributed by atoms with Crippen molar-refractivity contribution in [1.82, 2.24) is 9.97 Å². The molecule has 1 N–H and O–H groups in total. The van der Waals surface area contributed by atoms with Crippen molar-refractivity contribution in [2.45, 2.75) is 32.1 Å². The molecule has 0 bridgehead atoms. The number of aromatic nitrogens is 2. The summed E-state index contributed by atoms with van der Waals surface area (Å²) in [6.07, 6.45) is 2.36. The first-order valence-corrected chi connectivity index (χ1v) is 4.69. The molecule has 14 heavy (non-hydrogen) atoms. The summed E-state index contributed by atoms with van der Waals surface area (Å²) < 4.78 is 0. The van der Waals surface area contributed by atoms with Gasteiger partial charge in [-0.25, -0.2) is 4.98 Å². The highest BCUT2D eigenvalue weighted by Gasteiger charge is 2.26. The van der Waals surface area contributed by atoms with Gasteiger partial charge in [-0.05, 0) is 19.8 Å². The van der Waals surface area contributed by atoms with Crippen LogP contribution in [0.4, 0.5) is 0 Å². The van der Waals surface area contributed by atoms with Gasteiger partial charge in [0.1, 0.15) is 5.82 Å². The average Bonchev–Trinajstić information content (AvgIpc) is 2.93. The van der Waals surface area contributed by atoms with Crippen LogP contribution in [0.5, 0.6) is 0 Å². The van der Waals surface area contributed by atoms with Gasteiger partial charge in [0.2, 0.25) is 0 Å². The van der Waals surface area contributed by atoms with E-state index >= 15 is 0 Å². The molecule has 1 heterocycles. The second kappa shape index (κ2) is 3.26. The summed E-state index contributed by atoms with van der Waals surface area (Å²) in [7, 11) is 0. The predicted molar refractivity (Wildman–Crippen MR) is 50.9 cm³/mol. The molecular formula is C10H11N3O. The lowest BCUT2D eigenvalue weighted by atomic mass is 10.2. The van der Waals surface area contributed by atoms with Crippen molar-refractivity contribution in [3.8, 4) is 6.07 Å². The van der Waals surface area contributed by atoms with Crippen LogP contribution < -0.4 is 5.56 Å². The fourth-order valence-corrected chi connectivity index (χ4v) is 1.47. The van der Waals surface area contributed by atoms with Gasteiger partial charge in [0.15, 0.2) is 0 Å². The van der Waals surface area contributed by atoms with Gasteiger partial charge in [-0.2, -0.15) is 5.26 Å². The number of aryl methyl sites for hydroxylation is 1. The highest BCUT2D eigenvalue weighted by molar-refractivity contribution is 5.21. The van der Waals surface area contributed by atoms with Gasteiger partial charge < -0.3 is 4.98 Å². The molecule has 0 aromatic carbocycles. The number of H-pyrrole nitrogens is 1. The number of nitrogens with zero attached hydrogens (tertiary/aromatic N) is 2. The lowest BCUT2D eigenvalue weighted by molar-refractivity contribution is 0.865. The lowest BCUT2D eigenvalue weighted by Crippen LogP contribution is -2.18. The molecule has 0 amide bonds. The number of rotatable bonds is 2. The number of nitrogens with one attached hydrogen (secondary N) is 1. The van der Waals surface area contributed by atoms with Crippen LogP contribution in [-0.2, 0) is 6.42 Å². The summed E-state index contributed by atoms with van der Waals surface area (Å²) in [5.41, 5.74) is 1.04. The topological polar surface area (TPSA) is 69.5 Å². The van der Waals surface area contributed by atoms with E-state index in [4.69, 9.17) is 5.26 Å². The smallest absolute Gasteiger partial charge is 0.255 e. The van der Waals surface area contributed by atoms with Crippen molar-refractivity contribution in [1.29, 1.82) is 5.26 Å². The second-order valence-electron chi connectivity index (χ2n) is 3.62. The molecule has 1 aromatic rings. The summed E-state index contributed by atoms with van der Waals surface area (Å²) in [5.74, 6) is 1.23. The molecule has 72 valence electrons. The third-order valence-electron chi connectivity index (χ3n) is 2.46. The van der Waals surface area contributed by atoms with Gasteiger partial charge in [0.05, 0.1) is 18.1 Å². The van der Waals surface area contributed by atoms with E-state index in [-0.39, 0.29) is 12.0 Å². The first-order valence-electron chi connectivity index (χ1n) is 4.69. The van der Waals surface area contributed by atoms with Crippen molar-refractivity contribution >= 4 is 0 Å². The zero-order chi connectivity index (χ0) is 10.1. The van der Waals surface area contributed by atoms with Gasteiger partial charge in [-0.3, -0.25) is 4.79 Å². The Morgan fingerprint density at radius 1 is 1.64 bits per heavy atom. The number of aromatic amines is 1. The molecule has 4 nitrogen and oxygen atoms in total. The largest absolute Gasteiger partial charge is 0.310 e. The predicted octanol–water partition coefficient (Wildman–Crippen LogP) is 1.02. The lowest BCUT2D eigenvalue weighted by Gasteiger charge is -2.02. The minimum absolute atomic E-state index is 0.138. The fraction of sp³-hybridized carbons (Fsp3) is 0.500. The normalized spacial score (nSPS) is 15.1. The Bertz CT molecular complexity index is 451. The van der Waals surface area contributed by atoms with E-state index in [1.54, 1.807) is 6.92 Å². The molecule has 1 aliphatic carbocycles. The van der Waals surface area contributed by atoms with Crippen LogP contribution in [0, 0.1) is 18.3 Å². The summed E-state index contributed by atoms with van der Waals surface area (Å²) in [6, 6.07) is 1.97. The number of hydrogen-bond acceptors (Lipinski definition) is 3. The van der Waals surface area contributed by atoms with Gasteiger partial charge in [-0.15, -0.1) is 0 Å². The van der Waals surface area contributed by atoms with Gasteiger partial charge >= 0.3 is 0 Å². The molecule has 1 fully saturated rings. The van der Waals surface area contributed by atoms with Gasteiger partial charge in [-0.1, -0.05) is 0 Å². The van der Waals surface area contributed by atoms with Gasteiger partial charge in [0, 0.05) is 11.6 Å². The molecule has 0 spiro atoms. The van der Waals surface area contributed by atoms with Crippen molar-refractivity contribution in [2.24, 2.45) is 0 Å². The molecule has 0 aliphatic heterocycles. The second-order valence-corrected chi connectivity index (χ2v) is 3.62. The van der Waals surface area contributed by atoms with E-state index in [1.807, 2.05) is 6.07 Å². The quantitative estimate of drug-likeness (QED) is 0.755. The zero-order valence-corrected chi connectivity index (χ0v) is 8.00. The summed E-state index contributed by atoms with van der Waals surface area (Å²) in [5, 5.41) is 8.53. The standard InChI is InChI=1S/C10H11N3O/c1-6-8(4-5-11)10(14)13-9(12-6)7-2-3-7/h7H,2-4H2,1H3,(H,12,13,14). The third kappa shape index (κ3) is 1.53. The highest BCUT2D eigenvalue weighted by Crippen LogP contribution is 2.37. The fourth-order valence-electron chi connectivity index (χ4n) is 1.47. The molecule has 2 rings (SSSR count). The first kappa shape index (κ1) is 8.95. The molecular weight excluding hydrogens is 178 g/mol. The average molecular weight is 189 g/mol. The maximum Gasteiger partial charge on any atom is 0.255 e. The molecule has 4 heteroatoms. The van der Waals surface area contributed by atoms with Crippen LogP contribution in [0.15, 0.2) is 4.79 Å². The summed E-state index contributed by atoms with van der Waals surface area (Å²) >= 11 is 0. The zero-order valence-electron chi connectivity index (χ0n) is 8.00. The first-order chi connectivity index (χ1) is 6.72. The molecule has 0 atom stereocenters. The van der Waals surface area contributed by atoms with Crippen LogP contribution in [0.3, 0.4) is 0 Å². The van der Waals surface area contributed by atoms with Crippen LogP contribution >= 0.6 is 0 Å². The summed E-state index contributed by atoms with van der Waals surface area (Å²) in [6.45, 7) is 1.79. The van der Waals surface area contributed by atoms with E-state index in [0.29, 0.717) is 17.2 Å². The highest BCUT2D eigenvalue weighted by atomic mass is 16.1. The van der Waals surface area contributed by atoms with E-state index < -0.39 is 0 Å². The van der Waals surface area contributed by atoms with E-state index in [1.165, 1.54) is 0 Å². The minimum atomic E-state index is -0.152. The van der Waals surface area contributed by atoms with E-state index in [2.05, 4.69) is 9.97 Å². The SMILES string of the molecule is Cc1nc(C2CC2)[nH]c(=O)c1CC#N. The number of hydrogen-bond donors (Lipinski definition) is 1. The van der Waals surface area contributed by atoms with Crippen molar-refractivity contribution < 1.29 is 0 Å². The Labute approximate surface area is 81.6 Å². The van der Waals surface area contributed by atoms with E-state index in [0.717, 1.165) is 18.7 Å². The molecule has 0 saturated heterocycles. The van der Waals surface area contributed by atoms with Crippen LogP contribution in [0.25, 0.3) is 0 Å². The van der Waals surface area contributed by atoms with Crippen molar-refractivity contribution in [2.75, 3.05) is 0 Å². The van der Waals surface area contributed by atoms with Crippen LogP contribution in [-0.4, -0.2) is 9.97 Å². The van der Waals surface area contributed by atoms with Crippen molar-refractivity contribution in [3.05, 3.63) is 27.4 Å². The van der Waals surface area contributed by atoms with Gasteiger partial charge in [0.25, 0.3) is 5.56 Å². The number of nitriles is 1. The Hall–Kier alpha value is -1.63. The monoisotopic (exact) mass is 189 g/mol. The molecule has 1 aliphatic rings. The van der Waals surface area contributed by atoms with E-state index in [9.17, 15) is 4.79 Å². The van der Waals surface area contributed by atoms with Crippen LogP contribution in [0.1, 0.15) is 35.8 Å². The molecule has 1 aromatic heterocycles.